The first-order chi connectivity index (χ1) is 7.20. The van der Waals surface area contributed by atoms with Crippen molar-refractivity contribution in [2.24, 2.45) is 5.41 Å². The van der Waals surface area contributed by atoms with Gasteiger partial charge in [0, 0.05) is 11.6 Å². The van der Waals surface area contributed by atoms with Gasteiger partial charge in [-0.15, -0.1) is 0 Å². The molecular formula is C12H12F3N. The molecule has 0 aromatic carbocycles. The Kier molecular flexibility index (Phi) is 3.27. The van der Waals surface area contributed by atoms with Gasteiger partial charge in [-0.05, 0) is 38.8 Å². The van der Waals surface area contributed by atoms with Crippen molar-refractivity contribution in [1.82, 2.24) is 4.98 Å². The first-order valence-electron chi connectivity index (χ1n) is 4.75. The Morgan fingerprint density at radius 2 is 1.81 bits per heavy atom. The molecule has 0 spiro atoms. The number of hydrogen-bond donors (Lipinski definition) is 0. The second-order valence-electron chi connectivity index (χ2n) is 4.40. The highest BCUT2D eigenvalue weighted by molar-refractivity contribution is 5.37. The molecular weight excluding hydrogens is 215 g/mol. The van der Waals surface area contributed by atoms with E-state index >= 15 is 0 Å². The molecule has 86 valence electrons. The van der Waals surface area contributed by atoms with Crippen molar-refractivity contribution in [2.45, 2.75) is 26.9 Å². The summed E-state index contributed by atoms with van der Waals surface area (Å²) in [4.78, 5) is 3.65. The van der Waals surface area contributed by atoms with Crippen molar-refractivity contribution < 1.29 is 13.2 Å². The van der Waals surface area contributed by atoms with Gasteiger partial charge in [0.25, 0.3) is 0 Å². The van der Waals surface area contributed by atoms with Crippen molar-refractivity contribution in [2.75, 3.05) is 0 Å². The van der Waals surface area contributed by atoms with E-state index in [0.29, 0.717) is 0 Å². The van der Waals surface area contributed by atoms with Crippen LogP contribution >= 0.6 is 0 Å². The molecule has 0 N–H and O–H groups in total. The van der Waals surface area contributed by atoms with Crippen LogP contribution in [0.4, 0.5) is 13.2 Å². The zero-order chi connectivity index (χ0) is 12.4. The van der Waals surface area contributed by atoms with Crippen LogP contribution in [0.5, 0.6) is 0 Å². The number of aromatic nitrogens is 1. The van der Waals surface area contributed by atoms with E-state index in [4.69, 9.17) is 0 Å². The van der Waals surface area contributed by atoms with Crippen LogP contribution < -0.4 is 0 Å². The van der Waals surface area contributed by atoms with E-state index in [9.17, 15) is 13.2 Å². The Hall–Kier alpha value is -1.50. The molecule has 0 unspecified atom stereocenters. The highest BCUT2D eigenvalue weighted by Crippen LogP contribution is 2.30. The van der Waals surface area contributed by atoms with Crippen LogP contribution in [0.3, 0.4) is 0 Å². The molecule has 16 heavy (non-hydrogen) atoms. The Bertz CT molecular complexity index is 430. The highest BCUT2D eigenvalue weighted by atomic mass is 19.4. The molecule has 0 radical (unpaired) electrons. The van der Waals surface area contributed by atoms with E-state index in [1.54, 1.807) is 0 Å². The van der Waals surface area contributed by atoms with Gasteiger partial charge in [0.15, 0.2) is 0 Å². The van der Waals surface area contributed by atoms with Crippen LogP contribution in [0.2, 0.25) is 0 Å². The predicted molar refractivity (Wildman–Crippen MR) is 55.6 cm³/mol. The van der Waals surface area contributed by atoms with Gasteiger partial charge < -0.3 is 0 Å². The third kappa shape index (κ3) is 3.58. The van der Waals surface area contributed by atoms with E-state index in [2.05, 4.69) is 16.8 Å². The molecule has 0 bridgehead atoms. The van der Waals surface area contributed by atoms with E-state index in [-0.39, 0.29) is 11.1 Å². The molecule has 0 saturated carbocycles. The summed E-state index contributed by atoms with van der Waals surface area (Å²) in [6.45, 7) is 5.49. The Morgan fingerprint density at radius 1 is 1.19 bits per heavy atom. The molecule has 0 saturated heterocycles. The molecule has 0 aliphatic carbocycles. The molecule has 0 atom stereocenters. The smallest absolute Gasteiger partial charge is 0.247 e. The summed E-state index contributed by atoms with van der Waals surface area (Å²) in [7, 11) is 0. The van der Waals surface area contributed by atoms with Crippen molar-refractivity contribution in [3.05, 3.63) is 29.6 Å². The van der Waals surface area contributed by atoms with Gasteiger partial charge >= 0.3 is 6.18 Å². The van der Waals surface area contributed by atoms with E-state index in [1.807, 2.05) is 20.8 Å². The zero-order valence-corrected chi connectivity index (χ0v) is 9.31. The standard InChI is InChI=1S/C12H12F3N/c1-11(2,3)7-6-10-9(12(13,14)15)5-4-8-16-10/h4-5,8H,1-3H3. The lowest BCUT2D eigenvalue weighted by molar-refractivity contribution is -0.138. The number of rotatable bonds is 0. The lowest BCUT2D eigenvalue weighted by Gasteiger charge is -2.09. The highest BCUT2D eigenvalue weighted by Gasteiger charge is 2.33. The summed E-state index contributed by atoms with van der Waals surface area (Å²) in [6.07, 6.45) is -3.10. The molecule has 0 aliphatic heterocycles. The third-order valence-corrected chi connectivity index (χ3v) is 1.67. The van der Waals surface area contributed by atoms with Gasteiger partial charge in [0.2, 0.25) is 0 Å². The minimum atomic E-state index is -4.41. The summed E-state index contributed by atoms with van der Waals surface area (Å²) in [5, 5.41) is 0. The quantitative estimate of drug-likeness (QED) is 0.618. The normalized spacial score (nSPS) is 11.9. The van der Waals surface area contributed by atoms with Gasteiger partial charge in [-0.1, -0.05) is 5.92 Å². The van der Waals surface area contributed by atoms with Gasteiger partial charge in [0.1, 0.15) is 5.69 Å². The Morgan fingerprint density at radius 3 is 2.31 bits per heavy atom. The topological polar surface area (TPSA) is 12.9 Å². The maximum absolute atomic E-state index is 12.6. The van der Waals surface area contributed by atoms with E-state index in [0.717, 1.165) is 6.07 Å². The zero-order valence-electron chi connectivity index (χ0n) is 9.31. The second-order valence-corrected chi connectivity index (χ2v) is 4.40. The second kappa shape index (κ2) is 4.17. The van der Waals surface area contributed by atoms with Gasteiger partial charge in [-0.25, -0.2) is 4.98 Å². The van der Waals surface area contributed by atoms with Gasteiger partial charge in [0.05, 0.1) is 5.56 Å². The van der Waals surface area contributed by atoms with Crippen molar-refractivity contribution in [3.63, 3.8) is 0 Å². The Balaban J connectivity index is 3.19. The molecule has 1 aromatic heterocycles. The molecule has 4 heteroatoms. The largest absolute Gasteiger partial charge is 0.419 e. The number of pyridine rings is 1. The first-order valence-corrected chi connectivity index (χ1v) is 4.75. The fraction of sp³-hybridized carbons (Fsp3) is 0.417. The maximum atomic E-state index is 12.6. The molecule has 1 rings (SSSR count). The van der Waals surface area contributed by atoms with E-state index in [1.165, 1.54) is 12.3 Å². The summed E-state index contributed by atoms with van der Waals surface area (Å²) >= 11 is 0. The van der Waals surface area contributed by atoms with Crippen molar-refractivity contribution >= 4 is 0 Å². The van der Waals surface area contributed by atoms with Crippen LogP contribution in [0.25, 0.3) is 0 Å². The monoisotopic (exact) mass is 227 g/mol. The number of nitrogens with zero attached hydrogens (tertiary/aromatic N) is 1. The fourth-order valence-electron chi connectivity index (χ4n) is 0.980. The predicted octanol–water partition coefficient (Wildman–Crippen LogP) is 3.50. The van der Waals surface area contributed by atoms with Crippen LogP contribution in [-0.4, -0.2) is 4.98 Å². The van der Waals surface area contributed by atoms with Crippen molar-refractivity contribution in [3.8, 4) is 11.8 Å². The lowest BCUT2D eigenvalue weighted by Crippen LogP contribution is -2.09. The molecule has 0 aliphatic rings. The average Bonchev–Trinajstić information content (AvgIpc) is 2.12. The van der Waals surface area contributed by atoms with Crippen LogP contribution in [-0.2, 0) is 6.18 Å². The lowest BCUT2D eigenvalue weighted by atomic mass is 9.97. The summed E-state index contributed by atoms with van der Waals surface area (Å²) < 4.78 is 37.7. The number of alkyl halides is 3. The third-order valence-electron chi connectivity index (χ3n) is 1.67. The van der Waals surface area contributed by atoms with Crippen LogP contribution in [0, 0.1) is 17.3 Å². The van der Waals surface area contributed by atoms with Crippen molar-refractivity contribution in [1.29, 1.82) is 0 Å². The van der Waals surface area contributed by atoms with Gasteiger partial charge in [-0.3, -0.25) is 0 Å². The number of halogens is 3. The Labute approximate surface area is 92.7 Å². The maximum Gasteiger partial charge on any atom is 0.419 e. The molecule has 0 amide bonds. The molecule has 0 fully saturated rings. The van der Waals surface area contributed by atoms with Crippen LogP contribution in [0.15, 0.2) is 18.3 Å². The molecule has 1 nitrogen and oxygen atoms in total. The first kappa shape index (κ1) is 12.6. The fourth-order valence-corrected chi connectivity index (χ4v) is 0.980. The number of hydrogen-bond acceptors (Lipinski definition) is 1. The van der Waals surface area contributed by atoms with Gasteiger partial charge in [-0.2, -0.15) is 13.2 Å². The summed E-state index contributed by atoms with van der Waals surface area (Å²) in [5.41, 5.74) is -1.35. The summed E-state index contributed by atoms with van der Waals surface area (Å²) in [6, 6.07) is 2.24. The minimum absolute atomic E-state index is 0.218. The minimum Gasteiger partial charge on any atom is -0.247 e. The molecule has 1 aromatic rings. The average molecular weight is 227 g/mol. The summed E-state index contributed by atoms with van der Waals surface area (Å²) in [5.74, 6) is 5.22. The molecule has 1 heterocycles. The SMILES string of the molecule is CC(C)(C)C#Cc1ncccc1C(F)(F)F. The van der Waals surface area contributed by atoms with Crippen LogP contribution in [0.1, 0.15) is 32.0 Å². The van der Waals surface area contributed by atoms with E-state index < -0.39 is 11.7 Å².